The molecule has 0 aromatic heterocycles. The molecule has 148 valence electrons. The zero-order valence-corrected chi connectivity index (χ0v) is 18.0. The summed E-state index contributed by atoms with van der Waals surface area (Å²) in [5, 5.41) is 16.1. The molecule has 1 nitrogen and oxygen atoms in total. The molecule has 0 heterocycles. The van der Waals surface area contributed by atoms with E-state index in [1.54, 1.807) is 0 Å². The third kappa shape index (κ3) is 3.68. The summed E-state index contributed by atoms with van der Waals surface area (Å²) in [5.74, 6) is 0.675. The lowest BCUT2D eigenvalue weighted by Crippen LogP contribution is -2.29. The Labute approximate surface area is 178 Å². The number of rotatable bonds is 6. The second-order valence-corrected chi connectivity index (χ2v) is 8.22. The minimum Gasteiger partial charge on any atom is -0.390 e. The van der Waals surface area contributed by atoms with Gasteiger partial charge in [0.1, 0.15) is 0 Å². The molecule has 29 heavy (non-hydrogen) atoms. The molecule has 4 aromatic carbocycles. The first kappa shape index (κ1) is 20.0. The summed E-state index contributed by atoms with van der Waals surface area (Å²) in [6.07, 6.45) is 2.13. The number of benzene rings is 4. The molecule has 0 amide bonds. The molecule has 0 atom stereocenters. The number of aliphatic hydroxyl groups is 1. The highest BCUT2D eigenvalue weighted by Gasteiger charge is 2.26. The summed E-state index contributed by atoms with van der Waals surface area (Å²) < 4.78 is 0. The first-order valence-corrected chi connectivity index (χ1v) is 11.1. The molecule has 4 rings (SSSR count). The van der Waals surface area contributed by atoms with Crippen LogP contribution in [0.1, 0.15) is 37.8 Å². The van der Waals surface area contributed by atoms with Crippen LogP contribution in [-0.2, 0) is 12.2 Å². The minimum atomic E-state index is -0.692. The van der Waals surface area contributed by atoms with Crippen LogP contribution in [-0.4, -0.2) is 10.7 Å². The van der Waals surface area contributed by atoms with E-state index in [-0.39, 0.29) is 0 Å². The number of hydrogen-bond donors (Lipinski definition) is 2. The highest BCUT2D eigenvalue weighted by molar-refractivity contribution is 7.79. The van der Waals surface area contributed by atoms with Crippen molar-refractivity contribution in [3.05, 3.63) is 83.9 Å². The van der Waals surface area contributed by atoms with Crippen LogP contribution in [0.15, 0.2) is 72.8 Å². The zero-order chi connectivity index (χ0) is 20.4. The molecule has 0 fully saturated rings. The molecule has 0 unspecified atom stereocenters. The first-order valence-electron chi connectivity index (χ1n) is 10.4. The Morgan fingerprint density at radius 1 is 0.690 bits per heavy atom. The molecule has 2 heteroatoms. The number of fused-ring (bicyclic) bond motifs is 2. The summed E-state index contributed by atoms with van der Waals surface area (Å²) in [7, 11) is 0. The Balaban J connectivity index is 2.10. The van der Waals surface area contributed by atoms with E-state index in [0.717, 1.165) is 12.8 Å². The first-order chi connectivity index (χ1) is 14.1. The predicted octanol–water partition coefficient (Wildman–Crippen LogP) is 7.18. The second-order valence-electron chi connectivity index (χ2n) is 7.91. The van der Waals surface area contributed by atoms with Crippen LogP contribution in [0.25, 0.3) is 32.7 Å². The van der Waals surface area contributed by atoms with E-state index in [1.165, 1.54) is 43.8 Å². The molecule has 0 saturated carbocycles. The quantitative estimate of drug-likeness (QED) is 0.328. The highest BCUT2D eigenvalue weighted by atomic mass is 32.1. The van der Waals surface area contributed by atoms with Crippen LogP contribution in [0.2, 0.25) is 0 Å². The van der Waals surface area contributed by atoms with Crippen LogP contribution in [0.4, 0.5) is 0 Å². The average molecular weight is 401 g/mol. The molecular weight excluding hydrogens is 372 g/mol. The summed E-state index contributed by atoms with van der Waals surface area (Å²) in [6.45, 7) is 4.14. The normalized spacial score (nSPS) is 12.0. The molecule has 0 saturated heterocycles. The van der Waals surface area contributed by atoms with Gasteiger partial charge in [-0.15, -0.1) is 0 Å². The lowest BCUT2D eigenvalue weighted by atomic mass is 9.82. The van der Waals surface area contributed by atoms with Crippen LogP contribution >= 0.6 is 12.6 Å². The largest absolute Gasteiger partial charge is 0.390 e. The number of hydrogen-bond acceptors (Lipinski definition) is 2. The average Bonchev–Trinajstić information content (AvgIpc) is 2.78. The zero-order valence-electron chi connectivity index (χ0n) is 17.2. The molecule has 0 spiro atoms. The van der Waals surface area contributed by atoms with Crippen molar-refractivity contribution in [2.24, 2.45) is 0 Å². The topological polar surface area (TPSA) is 20.2 Å². The van der Waals surface area contributed by atoms with E-state index in [4.69, 9.17) is 0 Å². The molecule has 0 radical (unpaired) electrons. The third-order valence-corrected chi connectivity index (χ3v) is 6.63. The van der Waals surface area contributed by atoms with Crippen molar-refractivity contribution in [1.82, 2.24) is 0 Å². The van der Waals surface area contributed by atoms with E-state index >= 15 is 0 Å². The van der Waals surface area contributed by atoms with Crippen molar-refractivity contribution in [3.63, 3.8) is 0 Å². The van der Waals surface area contributed by atoms with Crippen molar-refractivity contribution in [2.45, 2.75) is 44.5 Å². The third-order valence-electron chi connectivity index (χ3n) is 6.29. The molecule has 0 bridgehead atoms. The maximum Gasteiger partial charge on any atom is 0.0683 e. The smallest absolute Gasteiger partial charge is 0.0683 e. The summed E-state index contributed by atoms with van der Waals surface area (Å²) in [5.41, 5.74) is 4.22. The Kier molecular flexibility index (Phi) is 5.67. The van der Waals surface area contributed by atoms with E-state index in [0.29, 0.717) is 12.2 Å². The molecule has 4 aromatic rings. The van der Waals surface area contributed by atoms with E-state index in [2.05, 4.69) is 99.3 Å². The summed E-state index contributed by atoms with van der Waals surface area (Å²) in [4.78, 5) is 0. The fourth-order valence-electron chi connectivity index (χ4n) is 4.36. The Morgan fingerprint density at radius 3 is 1.69 bits per heavy atom. The minimum absolute atomic E-state index is 0.648. The predicted molar refractivity (Wildman–Crippen MR) is 129 cm³/mol. The van der Waals surface area contributed by atoms with E-state index in [1.807, 2.05) is 0 Å². The summed E-state index contributed by atoms with van der Waals surface area (Å²) >= 11 is 4.66. The van der Waals surface area contributed by atoms with Gasteiger partial charge >= 0.3 is 0 Å². The molecular formula is C27H28OS. The Bertz CT molecular complexity index is 1160. The van der Waals surface area contributed by atoms with Gasteiger partial charge in [0.25, 0.3) is 0 Å². The molecule has 0 aliphatic carbocycles. The van der Waals surface area contributed by atoms with E-state index in [9.17, 15) is 5.11 Å². The van der Waals surface area contributed by atoms with Crippen molar-refractivity contribution >= 4 is 34.2 Å². The molecule has 1 N–H and O–H groups in total. The van der Waals surface area contributed by atoms with Gasteiger partial charge in [0.05, 0.1) is 5.60 Å². The molecule has 0 aliphatic rings. The Morgan fingerprint density at radius 2 is 1.17 bits per heavy atom. The van der Waals surface area contributed by atoms with Crippen molar-refractivity contribution < 1.29 is 5.11 Å². The van der Waals surface area contributed by atoms with Gasteiger partial charge in [-0.1, -0.05) is 86.6 Å². The van der Waals surface area contributed by atoms with Crippen LogP contribution < -0.4 is 0 Å². The molecule has 0 aliphatic heterocycles. The lowest BCUT2D eigenvalue weighted by Gasteiger charge is -2.28. The van der Waals surface area contributed by atoms with Crippen LogP contribution in [0, 0.1) is 0 Å². The fraction of sp³-hybridized carbons (Fsp3) is 0.259. The lowest BCUT2D eigenvalue weighted by molar-refractivity contribution is 0.0328. The van der Waals surface area contributed by atoms with Gasteiger partial charge in [0.2, 0.25) is 0 Å². The Hall–Kier alpha value is -2.29. The van der Waals surface area contributed by atoms with Crippen LogP contribution in [0.5, 0.6) is 0 Å². The maximum absolute atomic E-state index is 11.2. The van der Waals surface area contributed by atoms with Crippen molar-refractivity contribution in [3.8, 4) is 11.1 Å². The highest BCUT2D eigenvalue weighted by Crippen LogP contribution is 2.41. The van der Waals surface area contributed by atoms with Gasteiger partial charge in [0, 0.05) is 12.2 Å². The van der Waals surface area contributed by atoms with E-state index < -0.39 is 5.60 Å². The van der Waals surface area contributed by atoms with Gasteiger partial charge < -0.3 is 5.11 Å². The van der Waals surface area contributed by atoms with Gasteiger partial charge in [0.15, 0.2) is 0 Å². The van der Waals surface area contributed by atoms with Gasteiger partial charge in [-0.2, -0.15) is 12.6 Å². The van der Waals surface area contributed by atoms with Gasteiger partial charge in [-0.05, 0) is 56.6 Å². The van der Waals surface area contributed by atoms with Gasteiger partial charge in [-0.25, -0.2) is 0 Å². The second kappa shape index (κ2) is 8.22. The van der Waals surface area contributed by atoms with Gasteiger partial charge in [-0.3, -0.25) is 0 Å². The maximum atomic E-state index is 11.2. The fourth-order valence-corrected chi connectivity index (χ4v) is 4.62. The van der Waals surface area contributed by atoms with Crippen LogP contribution in [0.3, 0.4) is 0 Å². The summed E-state index contributed by atoms with van der Waals surface area (Å²) in [6, 6.07) is 25.9. The van der Waals surface area contributed by atoms with Crippen molar-refractivity contribution in [2.75, 3.05) is 0 Å². The number of thiol groups is 1. The monoisotopic (exact) mass is 400 g/mol. The SMILES string of the molecule is CCC(O)(CC)Cc1ccc2ccccc2c1-c1c(CS)ccc2ccccc12. The van der Waals surface area contributed by atoms with Crippen molar-refractivity contribution in [1.29, 1.82) is 0 Å². The standard InChI is InChI=1S/C27H28OS/c1-3-27(28,4-2)17-21-15-13-19-9-5-7-11-23(19)25(21)26-22(18-29)16-14-20-10-6-8-12-24(20)26/h5-16,28-29H,3-4,17-18H2,1-2H3.